The number of methoxy groups -OCH3 is 1. The Morgan fingerprint density at radius 3 is 2.75 bits per heavy atom. The summed E-state index contributed by atoms with van der Waals surface area (Å²) in [5, 5.41) is -0.0737. The molecule has 4 nitrogen and oxygen atoms in total. The smallest absolute Gasteiger partial charge is 0.270 e. The van der Waals surface area contributed by atoms with Gasteiger partial charge in [0.1, 0.15) is 12.4 Å². The highest BCUT2D eigenvalue weighted by Crippen LogP contribution is 2.38. The van der Waals surface area contributed by atoms with Crippen LogP contribution in [0.4, 0.5) is 10.1 Å². The van der Waals surface area contributed by atoms with Crippen LogP contribution in [-0.4, -0.2) is 23.9 Å². The van der Waals surface area contributed by atoms with Gasteiger partial charge in [0, 0.05) is 0 Å². The number of ether oxygens (including phenoxy) is 2. The highest BCUT2D eigenvalue weighted by Gasteiger charge is 2.33. The zero-order valence-electron chi connectivity index (χ0n) is 14.8. The zero-order chi connectivity index (χ0) is 20.3. The van der Waals surface area contributed by atoms with E-state index in [-0.39, 0.29) is 10.9 Å². The first-order chi connectivity index (χ1) is 13.4. The number of halogens is 2. The van der Waals surface area contributed by atoms with Gasteiger partial charge >= 0.3 is 0 Å². The molecule has 1 heterocycles. The summed E-state index contributed by atoms with van der Waals surface area (Å²) in [6, 6.07) is 9.37. The lowest BCUT2D eigenvalue weighted by Gasteiger charge is -2.14. The van der Waals surface area contributed by atoms with E-state index in [0.29, 0.717) is 33.0 Å². The Balaban J connectivity index is 1.89. The number of benzene rings is 2. The molecule has 0 spiro atoms. The fraction of sp³-hybridized carbons (Fsp3) is 0.100. The van der Waals surface area contributed by atoms with Crippen molar-refractivity contribution in [3.63, 3.8) is 0 Å². The molecular formula is C20H15ClFNO3S2. The van der Waals surface area contributed by atoms with Gasteiger partial charge in [0.05, 0.1) is 22.7 Å². The molecule has 144 valence electrons. The van der Waals surface area contributed by atoms with Gasteiger partial charge in [-0.2, -0.15) is 0 Å². The van der Waals surface area contributed by atoms with Gasteiger partial charge < -0.3 is 9.47 Å². The van der Waals surface area contributed by atoms with Crippen molar-refractivity contribution in [2.45, 2.75) is 0 Å². The number of thiocarbonyl (C=S) groups is 1. The second-order valence-corrected chi connectivity index (χ2v) is 7.71. The molecule has 2 aromatic rings. The van der Waals surface area contributed by atoms with E-state index >= 15 is 0 Å². The average molecular weight is 436 g/mol. The normalized spacial score (nSPS) is 15.2. The van der Waals surface area contributed by atoms with Crippen LogP contribution in [0.3, 0.4) is 0 Å². The number of nitrogens with zero attached hydrogens (tertiary/aromatic N) is 1. The molecule has 0 atom stereocenters. The maximum absolute atomic E-state index is 13.4. The Morgan fingerprint density at radius 1 is 1.29 bits per heavy atom. The van der Waals surface area contributed by atoms with Crippen LogP contribution in [0, 0.1) is 5.82 Å². The van der Waals surface area contributed by atoms with Crippen LogP contribution in [0.1, 0.15) is 5.56 Å². The molecule has 2 aromatic carbocycles. The van der Waals surface area contributed by atoms with Gasteiger partial charge in [-0.05, 0) is 42.0 Å². The zero-order valence-corrected chi connectivity index (χ0v) is 17.2. The largest absolute Gasteiger partial charge is 0.493 e. The standard InChI is InChI=1S/C20H15ClFNO3S2/c1-3-8-26-16-7-4-12(9-17(16)25-2)10-18-19(24)23(20(27)28-18)13-5-6-15(22)14(21)11-13/h3-7,9-11H,1,8H2,2H3/b18-10+. The summed E-state index contributed by atoms with van der Waals surface area (Å²) in [6.45, 7) is 3.97. The number of thioether (sulfide) groups is 1. The molecule has 8 heteroatoms. The quantitative estimate of drug-likeness (QED) is 0.342. The highest BCUT2D eigenvalue weighted by atomic mass is 35.5. The van der Waals surface area contributed by atoms with Crippen LogP contribution in [-0.2, 0) is 4.79 Å². The maximum atomic E-state index is 13.4. The van der Waals surface area contributed by atoms with Crippen LogP contribution >= 0.6 is 35.6 Å². The van der Waals surface area contributed by atoms with E-state index in [1.165, 1.54) is 30.2 Å². The Bertz CT molecular complexity index is 993. The van der Waals surface area contributed by atoms with Crippen LogP contribution in [0.25, 0.3) is 6.08 Å². The van der Waals surface area contributed by atoms with E-state index in [2.05, 4.69) is 6.58 Å². The molecule has 1 aliphatic heterocycles. The first-order valence-electron chi connectivity index (χ1n) is 8.09. The summed E-state index contributed by atoms with van der Waals surface area (Å²) >= 11 is 12.3. The molecule has 1 amide bonds. The van der Waals surface area contributed by atoms with E-state index in [4.69, 9.17) is 33.3 Å². The van der Waals surface area contributed by atoms with Crippen molar-refractivity contribution in [2.24, 2.45) is 0 Å². The van der Waals surface area contributed by atoms with Crippen LogP contribution in [0.2, 0.25) is 5.02 Å². The van der Waals surface area contributed by atoms with E-state index in [1.807, 2.05) is 6.07 Å². The van der Waals surface area contributed by atoms with Crippen molar-refractivity contribution in [3.05, 3.63) is 70.4 Å². The topological polar surface area (TPSA) is 38.8 Å². The number of carbonyl (C=O) groups excluding carboxylic acids is 1. The molecule has 3 rings (SSSR count). The van der Waals surface area contributed by atoms with Crippen LogP contribution < -0.4 is 14.4 Å². The molecule has 0 aliphatic carbocycles. The predicted molar refractivity (Wildman–Crippen MR) is 116 cm³/mol. The maximum Gasteiger partial charge on any atom is 0.270 e. The number of rotatable bonds is 6. The van der Waals surface area contributed by atoms with Gasteiger partial charge in [-0.3, -0.25) is 9.69 Å². The number of hydrogen-bond donors (Lipinski definition) is 0. The average Bonchev–Trinajstić information content (AvgIpc) is 2.96. The van der Waals surface area contributed by atoms with E-state index < -0.39 is 5.82 Å². The number of anilines is 1. The van der Waals surface area contributed by atoms with Crippen molar-refractivity contribution in [3.8, 4) is 11.5 Å². The molecule has 1 saturated heterocycles. The van der Waals surface area contributed by atoms with Crippen molar-refractivity contribution in [1.82, 2.24) is 0 Å². The number of amides is 1. The van der Waals surface area contributed by atoms with Gasteiger partial charge in [-0.1, -0.05) is 54.3 Å². The third-order valence-electron chi connectivity index (χ3n) is 3.80. The minimum Gasteiger partial charge on any atom is -0.493 e. The second kappa shape index (κ2) is 8.77. The Kier molecular flexibility index (Phi) is 6.39. The Labute approximate surface area is 176 Å². The van der Waals surface area contributed by atoms with E-state index in [1.54, 1.807) is 24.3 Å². The van der Waals surface area contributed by atoms with Gasteiger partial charge in [0.2, 0.25) is 0 Å². The first kappa shape index (κ1) is 20.4. The molecule has 0 unspecified atom stereocenters. The first-order valence-corrected chi connectivity index (χ1v) is 9.69. The molecule has 0 radical (unpaired) electrons. The van der Waals surface area contributed by atoms with Crippen molar-refractivity contribution < 1.29 is 18.7 Å². The molecule has 1 aliphatic rings. The third-order valence-corrected chi connectivity index (χ3v) is 5.39. The van der Waals surface area contributed by atoms with Crippen molar-refractivity contribution >= 4 is 57.6 Å². The van der Waals surface area contributed by atoms with Crippen molar-refractivity contribution in [1.29, 1.82) is 0 Å². The van der Waals surface area contributed by atoms with Crippen molar-refractivity contribution in [2.75, 3.05) is 18.6 Å². The molecular weight excluding hydrogens is 421 g/mol. The second-order valence-electron chi connectivity index (χ2n) is 5.63. The molecule has 0 N–H and O–H groups in total. The summed E-state index contributed by atoms with van der Waals surface area (Å²) in [4.78, 5) is 14.6. The SMILES string of the molecule is C=CCOc1ccc(/C=C2/SC(=S)N(c3ccc(F)c(Cl)c3)C2=O)cc1OC. The summed E-state index contributed by atoms with van der Waals surface area (Å²) in [6.07, 6.45) is 3.35. The van der Waals surface area contributed by atoms with Gasteiger partial charge in [-0.15, -0.1) is 0 Å². The molecule has 0 saturated carbocycles. The van der Waals surface area contributed by atoms with Gasteiger partial charge in [0.15, 0.2) is 15.8 Å². The minimum atomic E-state index is -0.558. The third kappa shape index (κ3) is 4.22. The molecule has 0 aromatic heterocycles. The monoisotopic (exact) mass is 435 g/mol. The minimum absolute atomic E-state index is 0.0737. The van der Waals surface area contributed by atoms with Gasteiger partial charge in [0.25, 0.3) is 5.91 Å². The Hall–Kier alpha value is -2.35. The fourth-order valence-electron chi connectivity index (χ4n) is 2.51. The lowest BCUT2D eigenvalue weighted by atomic mass is 10.2. The number of carbonyl (C=O) groups is 1. The van der Waals surface area contributed by atoms with Crippen LogP contribution in [0.5, 0.6) is 11.5 Å². The number of hydrogen-bond acceptors (Lipinski definition) is 5. The van der Waals surface area contributed by atoms with E-state index in [0.717, 1.165) is 17.3 Å². The molecule has 0 bridgehead atoms. The molecule has 1 fully saturated rings. The summed E-state index contributed by atoms with van der Waals surface area (Å²) in [5.41, 5.74) is 1.17. The lowest BCUT2D eigenvalue weighted by molar-refractivity contribution is -0.113. The summed E-state index contributed by atoms with van der Waals surface area (Å²) < 4.78 is 24.6. The predicted octanol–water partition coefficient (Wildman–Crippen LogP) is 5.46. The highest BCUT2D eigenvalue weighted by molar-refractivity contribution is 8.27. The summed E-state index contributed by atoms with van der Waals surface area (Å²) in [7, 11) is 1.54. The molecule has 28 heavy (non-hydrogen) atoms. The van der Waals surface area contributed by atoms with E-state index in [9.17, 15) is 9.18 Å². The van der Waals surface area contributed by atoms with Crippen LogP contribution in [0.15, 0.2) is 54.0 Å². The Morgan fingerprint density at radius 2 is 2.07 bits per heavy atom. The van der Waals surface area contributed by atoms with Gasteiger partial charge in [-0.25, -0.2) is 4.39 Å². The summed E-state index contributed by atoms with van der Waals surface area (Å²) in [5.74, 6) is 0.255. The fourth-order valence-corrected chi connectivity index (χ4v) is 3.98. The lowest BCUT2D eigenvalue weighted by Crippen LogP contribution is -2.27.